The fourth-order valence-corrected chi connectivity index (χ4v) is 4.07. The summed E-state index contributed by atoms with van der Waals surface area (Å²) < 4.78 is 13.4. The molecule has 2 heterocycles. The molecule has 0 unspecified atom stereocenters. The van der Waals surface area contributed by atoms with Crippen LogP contribution in [0.1, 0.15) is 23.3 Å². The normalized spacial score (nSPS) is 31.3. The smallest absolute Gasteiger partial charge is 0.0896 e. The van der Waals surface area contributed by atoms with Crippen molar-refractivity contribution in [3.8, 4) is 0 Å². The van der Waals surface area contributed by atoms with Crippen LogP contribution in [0.5, 0.6) is 0 Å². The summed E-state index contributed by atoms with van der Waals surface area (Å²) in [4.78, 5) is 0. The van der Waals surface area contributed by atoms with Gasteiger partial charge in [-0.25, -0.2) is 0 Å². The molecule has 2 aromatic carbocycles. The second-order valence-corrected chi connectivity index (χ2v) is 6.63. The maximum absolute atomic E-state index is 6.13. The van der Waals surface area contributed by atoms with Crippen molar-refractivity contribution in [3.05, 3.63) is 70.2 Å². The van der Waals surface area contributed by atoms with Gasteiger partial charge in [0, 0.05) is 16.3 Å². The Labute approximate surface area is 133 Å². The summed E-state index contributed by atoms with van der Waals surface area (Å²) in [5, 5.41) is 0. The molecule has 0 spiro atoms. The van der Waals surface area contributed by atoms with Crippen molar-refractivity contribution in [1.29, 1.82) is 0 Å². The summed E-state index contributed by atoms with van der Waals surface area (Å²) in [6.07, 6.45) is 0.245. The van der Waals surface area contributed by atoms with E-state index in [-0.39, 0.29) is 12.2 Å². The molecule has 0 radical (unpaired) electrons. The van der Waals surface area contributed by atoms with Crippen molar-refractivity contribution in [2.24, 2.45) is 11.8 Å². The fourth-order valence-electron chi connectivity index (χ4n) is 3.56. The van der Waals surface area contributed by atoms with Gasteiger partial charge in [0.25, 0.3) is 0 Å². The molecular weight excluding hydrogens is 328 g/mol. The molecule has 0 amide bonds. The molecule has 2 aliphatic rings. The Bertz CT molecular complexity index is 628. The predicted molar refractivity (Wildman–Crippen MR) is 85.0 cm³/mol. The van der Waals surface area contributed by atoms with E-state index in [1.54, 1.807) is 0 Å². The number of hydrogen-bond donors (Lipinski definition) is 0. The van der Waals surface area contributed by atoms with Crippen molar-refractivity contribution < 1.29 is 9.47 Å². The van der Waals surface area contributed by atoms with Gasteiger partial charge in [-0.3, -0.25) is 0 Å². The maximum Gasteiger partial charge on any atom is 0.0896 e. The molecule has 4 atom stereocenters. The molecule has 0 bridgehead atoms. The van der Waals surface area contributed by atoms with E-state index in [4.69, 9.17) is 9.47 Å². The van der Waals surface area contributed by atoms with Gasteiger partial charge in [-0.1, -0.05) is 64.5 Å². The van der Waals surface area contributed by atoms with Crippen molar-refractivity contribution >= 4 is 15.9 Å². The summed E-state index contributed by atoms with van der Waals surface area (Å²) in [5.41, 5.74) is 2.49. The predicted octanol–water partition coefficient (Wildman–Crippen LogP) is 4.52. The van der Waals surface area contributed by atoms with E-state index in [0.29, 0.717) is 11.8 Å². The number of rotatable bonds is 2. The SMILES string of the molecule is Brc1ccccc1[C@@H]1OC[C@@H]2CO[C@@H](c3ccccc3)[C@@H]21. The van der Waals surface area contributed by atoms with E-state index in [9.17, 15) is 0 Å². The molecule has 108 valence electrons. The van der Waals surface area contributed by atoms with Crippen LogP contribution in [0.2, 0.25) is 0 Å². The molecule has 2 aromatic rings. The Balaban J connectivity index is 1.70. The van der Waals surface area contributed by atoms with E-state index in [2.05, 4.69) is 58.4 Å². The van der Waals surface area contributed by atoms with Gasteiger partial charge in [0.05, 0.1) is 25.4 Å². The third kappa shape index (κ3) is 2.33. The highest BCUT2D eigenvalue weighted by molar-refractivity contribution is 9.10. The third-order valence-electron chi connectivity index (χ3n) is 4.56. The Morgan fingerprint density at radius 3 is 2.24 bits per heavy atom. The molecule has 2 nitrogen and oxygen atoms in total. The quantitative estimate of drug-likeness (QED) is 0.797. The van der Waals surface area contributed by atoms with Crippen LogP contribution in [0.25, 0.3) is 0 Å². The van der Waals surface area contributed by atoms with Crippen molar-refractivity contribution in [3.63, 3.8) is 0 Å². The minimum atomic E-state index is 0.110. The lowest BCUT2D eigenvalue weighted by Gasteiger charge is -2.24. The molecule has 2 fully saturated rings. The fraction of sp³-hybridized carbons (Fsp3) is 0.333. The first-order chi connectivity index (χ1) is 10.3. The van der Waals surface area contributed by atoms with Gasteiger partial charge >= 0.3 is 0 Å². The van der Waals surface area contributed by atoms with Gasteiger partial charge in [0.15, 0.2) is 0 Å². The summed E-state index contributed by atoms with van der Waals surface area (Å²) in [6.45, 7) is 1.59. The van der Waals surface area contributed by atoms with Crippen LogP contribution < -0.4 is 0 Å². The second-order valence-electron chi connectivity index (χ2n) is 5.78. The largest absolute Gasteiger partial charge is 0.373 e. The summed E-state index contributed by atoms with van der Waals surface area (Å²) in [6, 6.07) is 18.9. The number of halogens is 1. The number of fused-ring (bicyclic) bond motifs is 1. The van der Waals surface area contributed by atoms with Gasteiger partial charge in [0.2, 0.25) is 0 Å². The van der Waals surface area contributed by atoms with Gasteiger partial charge in [-0.15, -0.1) is 0 Å². The zero-order chi connectivity index (χ0) is 14.2. The first kappa shape index (κ1) is 13.5. The van der Waals surface area contributed by atoms with Crippen LogP contribution in [0.15, 0.2) is 59.1 Å². The molecule has 2 saturated heterocycles. The second kappa shape index (κ2) is 5.56. The van der Waals surface area contributed by atoms with Gasteiger partial charge < -0.3 is 9.47 Å². The number of hydrogen-bond acceptors (Lipinski definition) is 2. The van der Waals surface area contributed by atoms with Crippen molar-refractivity contribution in [2.75, 3.05) is 13.2 Å². The van der Waals surface area contributed by atoms with Crippen LogP contribution >= 0.6 is 15.9 Å². The molecule has 0 aliphatic carbocycles. The summed E-state index contributed by atoms with van der Waals surface area (Å²) in [7, 11) is 0. The van der Waals surface area contributed by atoms with E-state index in [0.717, 1.165) is 17.7 Å². The highest BCUT2D eigenvalue weighted by atomic mass is 79.9. The Morgan fingerprint density at radius 1 is 0.810 bits per heavy atom. The highest BCUT2D eigenvalue weighted by Gasteiger charge is 2.48. The summed E-state index contributed by atoms with van der Waals surface area (Å²) in [5.74, 6) is 0.887. The first-order valence-corrected chi connectivity index (χ1v) is 8.16. The van der Waals surface area contributed by atoms with Crippen LogP contribution in [0, 0.1) is 11.8 Å². The van der Waals surface area contributed by atoms with Crippen molar-refractivity contribution in [1.82, 2.24) is 0 Å². The first-order valence-electron chi connectivity index (χ1n) is 7.37. The number of benzene rings is 2. The zero-order valence-electron chi connectivity index (χ0n) is 11.6. The van der Waals surface area contributed by atoms with Crippen LogP contribution in [-0.4, -0.2) is 13.2 Å². The molecule has 2 aliphatic heterocycles. The molecule has 3 heteroatoms. The molecule has 0 saturated carbocycles. The van der Waals surface area contributed by atoms with Gasteiger partial charge in [-0.2, -0.15) is 0 Å². The average Bonchev–Trinajstić information content (AvgIpc) is 3.10. The zero-order valence-corrected chi connectivity index (χ0v) is 13.2. The highest BCUT2D eigenvalue weighted by Crippen LogP contribution is 2.52. The molecule has 21 heavy (non-hydrogen) atoms. The molecule has 4 rings (SSSR count). The molecule has 0 N–H and O–H groups in total. The van der Waals surface area contributed by atoms with Crippen LogP contribution in [0.4, 0.5) is 0 Å². The van der Waals surface area contributed by atoms with E-state index in [1.165, 1.54) is 11.1 Å². The van der Waals surface area contributed by atoms with Gasteiger partial charge in [-0.05, 0) is 17.2 Å². The average molecular weight is 345 g/mol. The minimum absolute atomic E-state index is 0.110. The summed E-state index contributed by atoms with van der Waals surface area (Å²) >= 11 is 3.66. The Hall–Kier alpha value is -1.16. The van der Waals surface area contributed by atoms with Gasteiger partial charge in [0.1, 0.15) is 0 Å². The maximum atomic E-state index is 6.13. The van der Waals surface area contributed by atoms with E-state index in [1.807, 2.05) is 12.1 Å². The van der Waals surface area contributed by atoms with E-state index >= 15 is 0 Å². The van der Waals surface area contributed by atoms with Crippen LogP contribution in [0.3, 0.4) is 0 Å². The Morgan fingerprint density at radius 2 is 1.48 bits per heavy atom. The van der Waals surface area contributed by atoms with E-state index < -0.39 is 0 Å². The minimum Gasteiger partial charge on any atom is -0.373 e. The standard InChI is InChI=1S/C18H17BrO2/c19-15-9-5-4-8-14(15)18-16-13(11-21-18)10-20-17(16)12-6-2-1-3-7-12/h1-9,13,16-18H,10-11H2/t13-,16+,17-,18-/m0/s1. The molecule has 0 aromatic heterocycles. The lowest BCUT2D eigenvalue weighted by molar-refractivity contribution is 0.00848. The number of ether oxygens (including phenoxy) is 2. The lowest BCUT2D eigenvalue weighted by Crippen LogP contribution is -2.17. The monoisotopic (exact) mass is 344 g/mol. The Kier molecular flexibility index (Phi) is 3.57. The van der Waals surface area contributed by atoms with Crippen molar-refractivity contribution in [2.45, 2.75) is 12.2 Å². The lowest BCUT2D eigenvalue weighted by atomic mass is 9.83. The molecular formula is C18H17BrO2. The topological polar surface area (TPSA) is 18.5 Å². The van der Waals surface area contributed by atoms with Crippen LogP contribution in [-0.2, 0) is 9.47 Å². The third-order valence-corrected chi connectivity index (χ3v) is 5.29.